The molecule has 3 rings (SSSR count). The molecule has 0 amide bonds. The number of fused-ring (bicyclic) bond motifs is 1. The van der Waals surface area contributed by atoms with Gasteiger partial charge in [0.1, 0.15) is 5.52 Å². The minimum Gasteiger partial charge on any atom is -0.351 e. The van der Waals surface area contributed by atoms with E-state index in [-0.39, 0.29) is 0 Å². The first-order valence-electron chi connectivity index (χ1n) is 7.46. The van der Waals surface area contributed by atoms with Crippen LogP contribution in [0.3, 0.4) is 0 Å². The predicted octanol–water partition coefficient (Wildman–Crippen LogP) is 2.04. The molecule has 1 saturated heterocycles. The van der Waals surface area contributed by atoms with Gasteiger partial charge >= 0.3 is 0 Å². The van der Waals surface area contributed by atoms with Gasteiger partial charge in [0.15, 0.2) is 5.82 Å². The number of rotatable bonds is 4. The van der Waals surface area contributed by atoms with Gasteiger partial charge < -0.3 is 10.2 Å². The molecule has 0 bridgehead atoms. The highest BCUT2D eigenvalue weighted by atomic mass is 15.3. The predicted molar refractivity (Wildman–Crippen MR) is 81.4 cm³/mol. The van der Waals surface area contributed by atoms with Crippen LogP contribution in [-0.2, 0) is 0 Å². The van der Waals surface area contributed by atoms with Crippen LogP contribution in [-0.4, -0.2) is 40.8 Å². The van der Waals surface area contributed by atoms with Crippen molar-refractivity contribution in [3.05, 3.63) is 24.2 Å². The minimum atomic E-state index is 0.439. The van der Waals surface area contributed by atoms with Crippen molar-refractivity contribution in [2.24, 2.45) is 0 Å². The lowest BCUT2D eigenvalue weighted by Gasteiger charge is -2.25. The fourth-order valence-corrected chi connectivity index (χ4v) is 2.99. The van der Waals surface area contributed by atoms with Crippen LogP contribution in [0.15, 0.2) is 18.5 Å². The molecule has 108 valence electrons. The Balaban J connectivity index is 2.02. The fourth-order valence-electron chi connectivity index (χ4n) is 2.99. The second-order valence-electron chi connectivity index (χ2n) is 5.85. The first-order valence-corrected chi connectivity index (χ1v) is 7.46. The molecule has 0 radical (unpaired) electrons. The maximum Gasteiger partial charge on any atom is 0.154 e. The lowest BCUT2D eigenvalue weighted by molar-refractivity contribution is 0.612. The second-order valence-corrected chi connectivity index (χ2v) is 5.85. The van der Waals surface area contributed by atoms with E-state index in [1.165, 1.54) is 12.8 Å². The van der Waals surface area contributed by atoms with Crippen molar-refractivity contribution in [1.82, 2.24) is 19.9 Å². The molecule has 0 saturated carbocycles. The highest BCUT2D eigenvalue weighted by molar-refractivity contribution is 5.70. The average Bonchev–Trinajstić information content (AvgIpc) is 3.04. The molecule has 0 spiro atoms. The normalized spacial score (nSPS) is 19.4. The largest absolute Gasteiger partial charge is 0.351 e. The standard InChI is InChI=1S/C15H23N5/c1-11(2)13-9-14-15(17-6-8-20(14)18-13)19-7-4-5-12(19)10-16-3/h6,8-9,11-12,16H,4-5,7,10H2,1-3H3. The molecule has 1 atom stereocenters. The highest BCUT2D eigenvalue weighted by Gasteiger charge is 2.27. The molecule has 0 aromatic carbocycles. The van der Waals surface area contributed by atoms with E-state index in [0.29, 0.717) is 12.0 Å². The first-order chi connectivity index (χ1) is 9.70. The molecule has 1 aliphatic rings. The van der Waals surface area contributed by atoms with E-state index in [1.807, 2.05) is 24.0 Å². The Labute approximate surface area is 120 Å². The van der Waals surface area contributed by atoms with Crippen LogP contribution in [0.25, 0.3) is 5.52 Å². The topological polar surface area (TPSA) is 45.5 Å². The van der Waals surface area contributed by atoms with Gasteiger partial charge in [-0.05, 0) is 31.9 Å². The lowest BCUT2D eigenvalue weighted by atomic mass is 10.1. The molecular formula is C15H23N5. The average molecular weight is 273 g/mol. The van der Waals surface area contributed by atoms with Crippen LogP contribution in [0.2, 0.25) is 0 Å². The molecule has 1 N–H and O–H groups in total. The summed E-state index contributed by atoms with van der Waals surface area (Å²) < 4.78 is 1.96. The molecule has 1 unspecified atom stereocenters. The van der Waals surface area contributed by atoms with Crippen molar-refractivity contribution >= 4 is 11.3 Å². The number of anilines is 1. The van der Waals surface area contributed by atoms with Crippen LogP contribution in [0.5, 0.6) is 0 Å². The van der Waals surface area contributed by atoms with E-state index in [2.05, 4.69) is 40.2 Å². The van der Waals surface area contributed by atoms with Gasteiger partial charge in [-0.1, -0.05) is 13.8 Å². The smallest absolute Gasteiger partial charge is 0.154 e. The van der Waals surface area contributed by atoms with E-state index in [1.54, 1.807) is 0 Å². The van der Waals surface area contributed by atoms with Crippen molar-refractivity contribution in [2.75, 3.05) is 25.0 Å². The highest BCUT2D eigenvalue weighted by Crippen LogP contribution is 2.28. The Kier molecular flexibility index (Phi) is 3.61. The zero-order chi connectivity index (χ0) is 14.1. The molecular weight excluding hydrogens is 250 g/mol. The van der Waals surface area contributed by atoms with Crippen molar-refractivity contribution in [2.45, 2.75) is 38.6 Å². The summed E-state index contributed by atoms with van der Waals surface area (Å²) in [5.74, 6) is 1.51. The number of hydrogen-bond acceptors (Lipinski definition) is 4. The van der Waals surface area contributed by atoms with Crippen molar-refractivity contribution < 1.29 is 0 Å². The van der Waals surface area contributed by atoms with Gasteiger partial charge in [0.2, 0.25) is 0 Å². The molecule has 2 aromatic heterocycles. The SMILES string of the molecule is CNCC1CCCN1c1nccn2nc(C(C)C)cc12. The molecule has 1 aliphatic heterocycles. The van der Waals surface area contributed by atoms with Gasteiger partial charge in [0.25, 0.3) is 0 Å². The molecule has 5 heteroatoms. The Morgan fingerprint density at radius 3 is 3.05 bits per heavy atom. The van der Waals surface area contributed by atoms with Crippen LogP contribution in [0.4, 0.5) is 5.82 Å². The molecule has 5 nitrogen and oxygen atoms in total. The molecule has 20 heavy (non-hydrogen) atoms. The number of nitrogens with zero attached hydrogens (tertiary/aromatic N) is 4. The third-order valence-electron chi connectivity index (χ3n) is 4.07. The van der Waals surface area contributed by atoms with Gasteiger partial charge in [-0.2, -0.15) is 5.10 Å². The van der Waals surface area contributed by atoms with E-state index in [0.717, 1.165) is 30.1 Å². The number of hydrogen-bond donors (Lipinski definition) is 1. The molecule has 3 heterocycles. The summed E-state index contributed by atoms with van der Waals surface area (Å²) in [6.45, 7) is 6.44. The Morgan fingerprint density at radius 2 is 2.30 bits per heavy atom. The molecule has 1 fully saturated rings. The quantitative estimate of drug-likeness (QED) is 0.926. The van der Waals surface area contributed by atoms with Crippen molar-refractivity contribution in [3.8, 4) is 0 Å². The maximum absolute atomic E-state index is 4.65. The minimum absolute atomic E-state index is 0.439. The number of nitrogens with one attached hydrogen (secondary N) is 1. The third kappa shape index (κ3) is 2.26. The van der Waals surface area contributed by atoms with Crippen LogP contribution in [0, 0.1) is 0 Å². The summed E-state index contributed by atoms with van der Waals surface area (Å²) in [6, 6.07) is 2.72. The Hall–Kier alpha value is -1.62. The zero-order valence-electron chi connectivity index (χ0n) is 12.5. The van der Waals surface area contributed by atoms with Crippen LogP contribution >= 0.6 is 0 Å². The van der Waals surface area contributed by atoms with E-state index in [9.17, 15) is 0 Å². The van der Waals surface area contributed by atoms with E-state index < -0.39 is 0 Å². The van der Waals surface area contributed by atoms with E-state index >= 15 is 0 Å². The zero-order valence-corrected chi connectivity index (χ0v) is 12.5. The van der Waals surface area contributed by atoms with Gasteiger partial charge in [0, 0.05) is 31.5 Å². The van der Waals surface area contributed by atoms with Gasteiger partial charge in [-0.3, -0.25) is 0 Å². The van der Waals surface area contributed by atoms with Crippen molar-refractivity contribution in [1.29, 1.82) is 0 Å². The molecule has 2 aromatic rings. The van der Waals surface area contributed by atoms with Gasteiger partial charge in [-0.25, -0.2) is 9.50 Å². The summed E-state index contributed by atoms with van der Waals surface area (Å²) in [6.07, 6.45) is 6.26. The van der Waals surface area contributed by atoms with E-state index in [4.69, 9.17) is 0 Å². The monoisotopic (exact) mass is 273 g/mol. The van der Waals surface area contributed by atoms with Crippen LogP contribution in [0.1, 0.15) is 38.3 Å². The Bertz CT molecular complexity index is 589. The summed E-state index contributed by atoms with van der Waals surface area (Å²) >= 11 is 0. The fraction of sp³-hybridized carbons (Fsp3) is 0.600. The summed E-state index contributed by atoms with van der Waals surface area (Å²) in [7, 11) is 2.01. The van der Waals surface area contributed by atoms with Crippen molar-refractivity contribution in [3.63, 3.8) is 0 Å². The summed E-state index contributed by atoms with van der Waals surface area (Å²) in [5.41, 5.74) is 2.25. The summed E-state index contributed by atoms with van der Waals surface area (Å²) in [5, 5.41) is 7.94. The maximum atomic E-state index is 4.65. The Morgan fingerprint density at radius 1 is 1.45 bits per heavy atom. The second kappa shape index (κ2) is 5.40. The third-order valence-corrected chi connectivity index (χ3v) is 4.07. The first kappa shape index (κ1) is 13.4. The lowest BCUT2D eigenvalue weighted by Crippen LogP contribution is -2.37. The number of aromatic nitrogens is 3. The summed E-state index contributed by atoms with van der Waals surface area (Å²) in [4.78, 5) is 7.06. The van der Waals surface area contributed by atoms with Gasteiger partial charge in [0.05, 0.1) is 5.69 Å². The van der Waals surface area contributed by atoms with Gasteiger partial charge in [-0.15, -0.1) is 0 Å². The molecule has 0 aliphatic carbocycles. The van der Waals surface area contributed by atoms with Crippen LogP contribution < -0.4 is 10.2 Å². The number of likely N-dealkylation sites (N-methyl/N-ethyl adjacent to an activating group) is 1.